The second-order valence-corrected chi connectivity index (χ2v) is 6.32. The number of amides is 1. The van der Waals surface area contributed by atoms with Crippen LogP contribution in [0.15, 0.2) is 18.2 Å². The number of carbonyl (C=O) groups is 1. The van der Waals surface area contributed by atoms with Crippen molar-refractivity contribution < 1.29 is 4.79 Å². The summed E-state index contributed by atoms with van der Waals surface area (Å²) in [4.78, 5) is 14.4. The largest absolute Gasteiger partial charge is 0.324 e. The Morgan fingerprint density at radius 1 is 1.30 bits per heavy atom. The van der Waals surface area contributed by atoms with Crippen LogP contribution in [0.3, 0.4) is 0 Å². The summed E-state index contributed by atoms with van der Waals surface area (Å²) in [5, 5.41) is 3.88. The predicted octanol–water partition coefficient (Wildman–Crippen LogP) is 4.19. The number of nitrogens with one attached hydrogen (secondary N) is 1. The van der Waals surface area contributed by atoms with Crippen LogP contribution in [-0.2, 0) is 4.79 Å². The molecular weight excluding hydrogens is 295 g/mol. The molecule has 1 heterocycles. The highest BCUT2D eigenvalue weighted by Gasteiger charge is 2.26. The molecule has 1 aliphatic heterocycles. The topological polar surface area (TPSA) is 32.3 Å². The average molecular weight is 315 g/mol. The molecule has 2 rings (SSSR count). The molecule has 0 bridgehead atoms. The predicted molar refractivity (Wildman–Crippen MR) is 84.6 cm³/mol. The summed E-state index contributed by atoms with van der Waals surface area (Å²) in [7, 11) is 0. The van der Waals surface area contributed by atoms with Crippen molar-refractivity contribution in [2.24, 2.45) is 0 Å². The van der Waals surface area contributed by atoms with Crippen molar-refractivity contribution in [2.75, 3.05) is 11.9 Å². The second kappa shape index (κ2) is 6.79. The third-order valence-corrected chi connectivity index (χ3v) is 4.46. The average Bonchev–Trinajstić information content (AvgIpc) is 2.37. The Morgan fingerprint density at radius 3 is 2.55 bits per heavy atom. The first-order valence-corrected chi connectivity index (χ1v) is 7.73. The smallest absolute Gasteiger partial charge is 0.238 e. The van der Waals surface area contributed by atoms with Crippen LogP contribution in [0.25, 0.3) is 0 Å². The summed E-state index contributed by atoms with van der Waals surface area (Å²) in [5.74, 6) is -0.0326. The molecular formula is C15H20Cl2N2O. The van der Waals surface area contributed by atoms with Gasteiger partial charge >= 0.3 is 0 Å². The van der Waals surface area contributed by atoms with Crippen molar-refractivity contribution in [3.8, 4) is 0 Å². The molecule has 1 aromatic rings. The number of hydrogen-bond acceptors (Lipinski definition) is 2. The van der Waals surface area contributed by atoms with Crippen LogP contribution in [0, 0.1) is 0 Å². The minimum Gasteiger partial charge on any atom is -0.324 e. The van der Waals surface area contributed by atoms with Crippen LogP contribution >= 0.6 is 23.2 Å². The molecule has 1 saturated heterocycles. The Morgan fingerprint density at radius 2 is 1.95 bits per heavy atom. The molecule has 1 aromatic carbocycles. The number of benzene rings is 1. The van der Waals surface area contributed by atoms with Gasteiger partial charge in [-0.3, -0.25) is 9.69 Å². The van der Waals surface area contributed by atoms with Crippen molar-refractivity contribution in [3.05, 3.63) is 28.2 Å². The number of carbonyl (C=O) groups excluding carboxylic acids is 1. The first-order chi connectivity index (χ1) is 9.47. The minimum atomic E-state index is -0.0326. The van der Waals surface area contributed by atoms with E-state index in [2.05, 4.69) is 24.1 Å². The Labute approximate surface area is 130 Å². The lowest BCUT2D eigenvalue weighted by Gasteiger charge is -2.38. The Balaban J connectivity index is 1.98. The lowest BCUT2D eigenvalue weighted by atomic mass is 9.97. The fraction of sp³-hybridized carbons (Fsp3) is 0.533. The van der Waals surface area contributed by atoms with Crippen LogP contribution in [0.1, 0.15) is 33.1 Å². The molecule has 1 fully saturated rings. The standard InChI is InChI=1S/C15H20Cl2N2O/c1-10-4-3-5-11(2)19(10)9-15(20)18-14-7-6-12(16)8-13(14)17/h6-8,10-11H,3-5,9H2,1-2H3,(H,18,20). The molecule has 0 aromatic heterocycles. The highest BCUT2D eigenvalue weighted by atomic mass is 35.5. The van der Waals surface area contributed by atoms with E-state index in [1.165, 1.54) is 6.42 Å². The molecule has 1 aliphatic rings. The van der Waals surface area contributed by atoms with Gasteiger partial charge in [-0.2, -0.15) is 0 Å². The Bertz CT molecular complexity index is 483. The third kappa shape index (κ3) is 3.87. The van der Waals surface area contributed by atoms with E-state index in [0.717, 1.165) is 12.8 Å². The van der Waals surface area contributed by atoms with Crippen LogP contribution in [0.4, 0.5) is 5.69 Å². The highest BCUT2D eigenvalue weighted by Crippen LogP contribution is 2.26. The van der Waals surface area contributed by atoms with Crippen molar-refractivity contribution in [1.82, 2.24) is 4.90 Å². The Hall–Kier alpha value is -0.770. The van der Waals surface area contributed by atoms with Crippen LogP contribution in [-0.4, -0.2) is 29.4 Å². The maximum absolute atomic E-state index is 12.2. The monoisotopic (exact) mass is 314 g/mol. The number of piperidine rings is 1. The molecule has 5 heteroatoms. The molecule has 0 aliphatic carbocycles. The molecule has 2 atom stereocenters. The SMILES string of the molecule is CC1CCCC(C)N1CC(=O)Nc1ccc(Cl)cc1Cl. The highest BCUT2D eigenvalue weighted by molar-refractivity contribution is 6.36. The van der Waals surface area contributed by atoms with Crippen LogP contribution < -0.4 is 5.32 Å². The number of hydrogen-bond donors (Lipinski definition) is 1. The van der Waals surface area contributed by atoms with Gasteiger partial charge in [-0.05, 0) is 44.9 Å². The van der Waals surface area contributed by atoms with E-state index >= 15 is 0 Å². The quantitative estimate of drug-likeness (QED) is 0.907. The number of anilines is 1. The van der Waals surface area contributed by atoms with E-state index in [1.54, 1.807) is 18.2 Å². The molecule has 0 radical (unpaired) electrons. The van der Waals surface area contributed by atoms with E-state index in [0.29, 0.717) is 34.4 Å². The third-order valence-electron chi connectivity index (χ3n) is 3.91. The second-order valence-electron chi connectivity index (χ2n) is 5.47. The van der Waals surface area contributed by atoms with Gasteiger partial charge in [0, 0.05) is 17.1 Å². The van der Waals surface area contributed by atoms with Crippen LogP contribution in [0.2, 0.25) is 10.0 Å². The van der Waals surface area contributed by atoms with Gasteiger partial charge in [0.1, 0.15) is 0 Å². The van der Waals surface area contributed by atoms with Crippen molar-refractivity contribution in [3.63, 3.8) is 0 Å². The maximum Gasteiger partial charge on any atom is 0.238 e. The van der Waals surface area contributed by atoms with Gasteiger partial charge in [0.2, 0.25) is 5.91 Å². The van der Waals surface area contributed by atoms with E-state index in [1.807, 2.05) is 0 Å². The molecule has 20 heavy (non-hydrogen) atoms. The lowest BCUT2D eigenvalue weighted by molar-refractivity contribution is -0.118. The number of rotatable bonds is 3. The van der Waals surface area contributed by atoms with Gasteiger partial charge in [-0.25, -0.2) is 0 Å². The molecule has 2 unspecified atom stereocenters. The van der Waals surface area contributed by atoms with Crippen LogP contribution in [0.5, 0.6) is 0 Å². The zero-order valence-electron chi connectivity index (χ0n) is 11.8. The molecule has 1 N–H and O–H groups in total. The number of nitrogens with zero attached hydrogens (tertiary/aromatic N) is 1. The van der Waals surface area contributed by atoms with Gasteiger partial charge in [0.25, 0.3) is 0 Å². The molecule has 3 nitrogen and oxygen atoms in total. The summed E-state index contributed by atoms with van der Waals surface area (Å²) in [6.07, 6.45) is 3.54. The van der Waals surface area contributed by atoms with E-state index in [4.69, 9.17) is 23.2 Å². The number of likely N-dealkylation sites (tertiary alicyclic amines) is 1. The summed E-state index contributed by atoms with van der Waals surface area (Å²) in [6, 6.07) is 5.97. The number of halogens is 2. The van der Waals surface area contributed by atoms with E-state index in [9.17, 15) is 4.79 Å². The summed E-state index contributed by atoms with van der Waals surface area (Å²) in [5.41, 5.74) is 0.610. The van der Waals surface area contributed by atoms with Gasteiger partial charge in [0.05, 0.1) is 17.3 Å². The zero-order valence-corrected chi connectivity index (χ0v) is 13.3. The fourth-order valence-electron chi connectivity index (χ4n) is 2.73. The lowest BCUT2D eigenvalue weighted by Crippen LogP contribution is -2.47. The van der Waals surface area contributed by atoms with E-state index < -0.39 is 0 Å². The van der Waals surface area contributed by atoms with Gasteiger partial charge in [0.15, 0.2) is 0 Å². The van der Waals surface area contributed by atoms with Crippen molar-refractivity contribution in [2.45, 2.75) is 45.2 Å². The first-order valence-electron chi connectivity index (χ1n) is 6.98. The van der Waals surface area contributed by atoms with Crippen molar-refractivity contribution >= 4 is 34.8 Å². The molecule has 110 valence electrons. The molecule has 0 spiro atoms. The Kier molecular flexibility index (Phi) is 5.30. The summed E-state index contributed by atoms with van der Waals surface area (Å²) < 4.78 is 0. The van der Waals surface area contributed by atoms with Gasteiger partial charge in [-0.15, -0.1) is 0 Å². The normalized spacial score (nSPS) is 23.6. The van der Waals surface area contributed by atoms with Gasteiger partial charge in [-0.1, -0.05) is 29.6 Å². The van der Waals surface area contributed by atoms with Crippen molar-refractivity contribution in [1.29, 1.82) is 0 Å². The minimum absolute atomic E-state index is 0.0326. The molecule has 0 saturated carbocycles. The van der Waals surface area contributed by atoms with Gasteiger partial charge < -0.3 is 5.32 Å². The fourth-order valence-corrected chi connectivity index (χ4v) is 3.19. The van der Waals surface area contributed by atoms with E-state index in [-0.39, 0.29) is 5.91 Å². The summed E-state index contributed by atoms with van der Waals surface area (Å²) in [6.45, 7) is 4.76. The zero-order chi connectivity index (χ0) is 14.7. The maximum atomic E-state index is 12.2. The summed E-state index contributed by atoms with van der Waals surface area (Å²) >= 11 is 11.9. The first kappa shape index (κ1) is 15.6. The molecule has 1 amide bonds.